The molecular formula is C13H11F3O7. The van der Waals surface area contributed by atoms with E-state index in [1.807, 2.05) is 0 Å². The molecule has 126 valence electrons. The van der Waals surface area contributed by atoms with Gasteiger partial charge in [0.1, 0.15) is 6.10 Å². The number of ether oxygens (including phenoxy) is 4. The van der Waals surface area contributed by atoms with Gasteiger partial charge in [0.05, 0.1) is 19.8 Å². The molecule has 23 heavy (non-hydrogen) atoms. The van der Waals surface area contributed by atoms with Gasteiger partial charge in [-0.3, -0.25) is 0 Å². The molecule has 0 N–H and O–H groups in total. The van der Waals surface area contributed by atoms with E-state index in [9.17, 15) is 27.6 Å². The number of carbonyl (C=O) groups excluding carboxylic acids is 3. The summed E-state index contributed by atoms with van der Waals surface area (Å²) in [7, 11) is 1.76. The summed E-state index contributed by atoms with van der Waals surface area (Å²) < 4.78 is 57.8. The van der Waals surface area contributed by atoms with Crippen molar-refractivity contribution in [1.82, 2.24) is 0 Å². The molecule has 1 aliphatic heterocycles. The second-order valence-electron chi connectivity index (χ2n) is 4.60. The molecule has 0 amide bonds. The molecule has 2 aliphatic rings. The van der Waals surface area contributed by atoms with Crippen molar-refractivity contribution in [2.75, 3.05) is 14.2 Å². The summed E-state index contributed by atoms with van der Waals surface area (Å²) in [5.41, 5.74) is -4.01. The molecule has 0 spiro atoms. The van der Waals surface area contributed by atoms with E-state index in [4.69, 9.17) is 4.74 Å². The Balaban J connectivity index is 2.44. The zero-order chi connectivity index (χ0) is 17.4. The third kappa shape index (κ3) is 2.58. The van der Waals surface area contributed by atoms with Gasteiger partial charge < -0.3 is 18.9 Å². The second-order valence-corrected chi connectivity index (χ2v) is 4.60. The van der Waals surface area contributed by atoms with Crippen molar-refractivity contribution >= 4 is 17.9 Å². The summed E-state index contributed by atoms with van der Waals surface area (Å²) in [4.78, 5) is 34.8. The summed E-state index contributed by atoms with van der Waals surface area (Å²) >= 11 is 0. The van der Waals surface area contributed by atoms with E-state index in [2.05, 4.69) is 14.2 Å². The average molecular weight is 336 g/mol. The predicted octanol–water partition coefficient (Wildman–Crippen LogP) is 0.440. The van der Waals surface area contributed by atoms with Crippen LogP contribution in [0.25, 0.3) is 0 Å². The fourth-order valence-corrected chi connectivity index (χ4v) is 2.13. The van der Waals surface area contributed by atoms with Gasteiger partial charge in [-0.2, -0.15) is 13.2 Å². The predicted molar refractivity (Wildman–Crippen MR) is 64.8 cm³/mol. The lowest BCUT2D eigenvalue weighted by Crippen LogP contribution is -2.67. The zero-order valence-corrected chi connectivity index (χ0v) is 11.9. The molecule has 0 radical (unpaired) electrons. The molecule has 0 saturated carbocycles. The van der Waals surface area contributed by atoms with Gasteiger partial charge in [0.15, 0.2) is 6.10 Å². The molecule has 1 heterocycles. The van der Waals surface area contributed by atoms with Crippen molar-refractivity contribution in [3.8, 4) is 0 Å². The standard InChI is InChI=1S/C13H11F3O7/c1-20-9(17)6-3-4-7-8(5-6)23-12(10(18)21-2,11(19)22-7)13(14,15)16/h3-5,7-8H,1-2H3/t7-,8-,12?/m1/s1. The van der Waals surface area contributed by atoms with Gasteiger partial charge in [0.2, 0.25) is 0 Å². The van der Waals surface area contributed by atoms with Crippen molar-refractivity contribution in [2.45, 2.75) is 24.0 Å². The summed E-state index contributed by atoms with van der Waals surface area (Å²) in [5, 5.41) is 0. The van der Waals surface area contributed by atoms with E-state index in [-0.39, 0.29) is 5.57 Å². The first-order valence-corrected chi connectivity index (χ1v) is 6.19. The van der Waals surface area contributed by atoms with Gasteiger partial charge in [-0.1, -0.05) is 0 Å². The number of fused-ring (bicyclic) bond motifs is 1. The lowest BCUT2D eigenvalue weighted by atomic mass is 9.95. The third-order valence-electron chi connectivity index (χ3n) is 3.27. The molecule has 1 unspecified atom stereocenters. The highest BCUT2D eigenvalue weighted by Gasteiger charge is 2.73. The van der Waals surface area contributed by atoms with Gasteiger partial charge in [-0.25, -0.2) is 14.4 Å². The molecular weight excluding hydrogens is 325 g/mol. The quantitative estimate of drug-likeness (QED) is 0.411. The lowest BCUT2D eigenvalue weighted by molar-refractivity contribution is -0.302. The topological polar surface area (TPSA) is 88.1 Å². The number of alkyl halides is 3. The highest BCUT2D eigenvalue weighted by molar-refractivity contribution is 6.05. The Morgan fingerprint density at radius 2 is 1.87 bits per heavy atom. The van der Waals surface area contributed by atoms with Gasteiger partial charge in [-0.15, -0.1) is 0 Å². The monoisotopic (exact) mass is 336 g/mol. The van der Waals surface area contributed by atoms with E-state index in [1.54, 1.807) is 0 Å². The van der Waals surface area contributed by atoms with E-state index >= 15 is 0 Å². The molecule has 3 atom stereocenters. The fourth-order valence-electron chi connectivity index (χ4n) is 2.13. The summed E-state index contributed by atoms with van der Waals surface area (Å²) in [6.45, 7) is 0. The summed E-state index contributed by atoms with van der Waals surface area (Å²) in [5.74, 6) is -4.72. The normalized spacial score (nSPS) is 30.0. The second kappa shape index (κ2) is 5.69. The van der Waals surface area contributed by atoms with E-state index < -0.39 is 41.9 Å². The zero-order valence-electron chi connectivity index (χ0n) is 11.9. The minimum atomic E-state index is -5.41. The maximum Gasteiger partial charge on any atom is 0.439 e. The first kappa shape index (κ1) is 17.0. The van der Waals surface area contributed by atoms with Crippen LogP contribution in [0.1, 0.15) is 0 Å². The summed E-state index contributed by atoms with van der Waals surface area (Å²) in [6.07, 6.45) is -4.78. The molecule has 0 bridgehead atoms. The number of hydrogen-bond donors (Lipinski definition) is 0. The van der Waals surface area contributed by atoms with Crippen molar-refractivity contribution in [3.05, 3.63) is 23.8 Å². The Morgan fingerprint density at radius 1 is 1.22 bits per heavy atom. The summed E-state index contributed by atoms with van der Waals surface area (Å²) in [6, 6.07) is 0. The van der Waals surface area contributed by atoms with Gasteiger partial charge in [-0.05, 0) is 18.2 Å². The molecule has 2 rings (SSSR count). The van der Waals surface area contributed by atoms with Crippen LogP contribution in [-0.4, -0.2) is 56.1 Å². The first-order chi connectivity index (χ1) is 10.7. The molecule has 7 nitrogen and oxygen atoms in total. The van der Waals surface area contributed by atoms with Crippen molar-refractivity contribution < 1.29 is 46.5 Å². The number of rotatable bonds is 2. The van der Waals surface area contributed by atoms with Crippen molar-refractivity contribution in [2.24, 2.45) is 0 Å². The number of methoxy groups -OCH3 is 2. The van der Waals surface area contributed by atoms with Gasteiger partial charge in [0, 0.05) is 0 Å². The lowest BCUT2D eigenvalue weighted by Gasteiger charge is -2.40. The highest BCUT2D eigenvalue weighted by Crippen LogP contribution is 2.41. The van der Waals surface area contributed by atoms with Gasteiger partial charge in [0.25, 0.3) is 0 Å². The van der Waals surface area contributed by atoms with Crippen LogP contribution in [-0.2, 0) is 33.3 Å². The maximum absolute atomic E-state index is 13.3. The van der Waals surface area contributed by atoms with E-state index in [0.29, 0.717) is 7.11 Å². The van der Waals surface area contributed by atoms with Crippen LogP contribution in [0.5, 0.6) is 0 Å². The largest absolute Gasteiger partial charge is 0.466 e. The number of carbonyl (C=O) groups is 3. The maximum atomic E-state index is 13.3. The minimum absolute atomic E-state index is 0.104. The third-order valence-corrected chi connectivity index (χ3v) is 3.27. The number of halogens is 3. The molecule has 0 aromatic rings. The Bertz CT molecular complexity index is 607. The van der Waals surface area contributed by atoms with Crippen LogP contribution >= 0.6 is 0 Å². The molecule has 0 aromatic carbocycles. The SMILES string of the molecule is COC(=O)C1=C[C@H]2OC(C(=O)OC)(C(F)(F)F)C(=O)O[C@@H]2C=C1. The van der Waals surface area contributed by atoms with Crippen LogP contribution in [0, 0.1) is 0 Å². The van der Waals surface area contributed by atoms with E-state index in [0.717, 1.165) is 19.3 Å². The Morgan fingerprint density at radius 3 is 2.39 bits per heavy atom. The molecule has 1 saturated heterocycles. The highest BCUT2D eigenvalue weighted by atomic mass is 19.4. The van der Waals surface area contributed by atoms with Crippen LogP contribution < -0.4 is 0 Å². The molecule has 1 aliphatic carbocycles. The smallest absolute Gasteiger partial charge is 0.439 e. The van der Waals surface area contributed by atoms with Crippen LogP contribution in [0.15, 0.2) is 23.8 Å². The first-order valence-electron chi connectivity index (χ1n) is 6.19. The Kier molecular flexibility index (Phi) is 4.20. The number of hydrogen-bond acceptors (Lipinski definition) is 7. The average Bonchev–Trinajstić information content (AvgIpc) is 2.51. The Hall–Kier alpha value is -2.36. The molecule has 0 aromatic heterocycles. The van der Waals surface area contributed by atoms with Crippen LogP contribution in [0.3, 0.4) is 0 Å². The van der Waals surface area contributed by atoms with Crippen molar-refractivity contribution in [3.63, 3.8) is 0 Å². The Labute approximate surface area is 127 Å². The van der Waals surface area contributed by atoms with Crippen LogP contribution in [0.2, 0.25) is 0 Å². The minimum Gasteiger partial charge on any atom is -0.466 e. The number of esters is 3. The molecule has 1 fully saturated rings. The fraction of sp³-hybridized carbons (Fsp3) is 0.462. The van der Waals surface area contributed by atoms with Gasteiger partial charge >= 0.3 is 29.7 Å². The van der Waals surface area contributed by atoms with Crippen LogP contribution in [0.4, 0.5) is 13.2 Å². The van der Waals surface area contributed by atoms with Crippen molar-refractivity contribution in [1.29, 1.82) is 0 Å². The molecule has 10 heteroatoms. The van der Waals surface area contributed by atoms with E-state index in [1.165, 1.54) is 6.08 Å².